The smallest absolute Gasteiger partial charge is 0.142 e. The minimum atomic E-state index is 1.06. The molecule has 1 aliphatic heterocycles. The van der Waals surface area contributed by atoms with Gasteiger partial charge in [0.1, 0.15) is 23.0 Å². The number of ether oxygens (including phenoxy) is 2. The quantitative estimate of drug-likeness (QED) is 0.0933. The van der Waals surface area contributed by atoms with Crippen LogP contribution in [-0.2, 0) is 9.47 Å². The number of hydrogen-bond acceptors (Lipinski definition) is 2. The van der Waals surface area contributed by atoms with Crippen molar-refractivity contribution in [3.05, 3.63) is 23.0 Å². The molecule has 0 bridgehead atoms. The molecule has 0 aromatic carbocycles. The van der Waals surface area contributed by atoms with Gasteiger partial charge in [-0.25, -0.2) is 0 Å². The summed E-state index contributed by atoms with van der Waals surface area (Å²) in [6.45, 7) is 9.19. The van der Waals surface area contributed by atoms with Crippen LogP contribution in [0, 0.1) is 0 Å². The van der Waals surface area contributed by atoms with Crippen molar-refractivity contribution >= 4 is 0 Å². The third-order valence-corrected chi connectivity index (χ3v) is 8.14. The predicted molar refractivity (Wildman–Crippen MR) is 168 cm³/mol. The number of allylic oxidation sites excluding steroid dienone is 4. The summed E-state index contributed by atoms with van der Waals surface area (Å²) in [6.07, 6.45) is 36.2. The summed E-state index contributed by atoms with van der Waals surface area (Å²) in [6, 6.07) is 0. The van der Waals surface area contributed by atoms with Crippen molar-refractivity contribution < 1.29 is 9.47 Å². The third-order valence-electron chi connectivity index (χ3n) is 8.14. The summed E-state index contributed by atoms with van der Waals surface area (Å²) in [5.74, 6) is 4.73. The lowest BCUT2D eigenvalue weighted by Gasteiger charge is -2.27. The maximum absolute atomic E-state index is 6.79. The van der Waals surface area contributed by atoms with E-state index in [0.29, 0.717) is 0 Å². The van der Waals surface area contributed by atoms with Gasteiger partial charge in [0, 0.05) is 25.7 Å². The largest absolute Gasteiger partial charge is 0.459 e. The highest BCUT2D eigenvalue weighted by Gasteiger charge is 2.23. The molecule has 0 amide bonds. The fourth-order valence-corrected chi connectivity index (χ4v) is 5.55. The number of hydrogen-bond donors (Lipinski definition) is 0. The van der Waals surface area contributed by atoms with Gasteiger partial charge in [0.2, 0.25) is 0 Å². The lowest BCUT2D eigenvalue weighted by molar-refractivity contribution is 0.140. The summed E-state index contributed by atoms with van der Waals surface area (Å²) in [5, 5.41) is 0. The van der Waals surface area contributed by atoms with Crippen LogP contribution in [0.5, 0.6) is 0 Å². The molecule has 2 nitrogen and oxygen atoms in total. The lowest BCUT2D eigenvalue weighted by atomic mass is 10.0. The van der Waals surface area contributed by atoms with E-state index in [4.69, 9.17) is 9.47 Å². The normalized spacial score (nSPS) is 13.8. The Balaban J connectivity index is 2.75. The van der Waals surface area contributed by atoms with Crippen molar-refractivity contribution in [2.24, 2.45) is 0 Å². The summed E-state index contributed by atoms with van der Waals surface area (Å²) < 4.78 is 13.6. The first kappa shape index (κ1) is 35.1. The summed E-state index contributed by atoms with van der Waals surface area (Å²) in [7, 11) is 0. The minimum Gasteiger partial charge on any atom is -0.459 e. The van der Waals surface area contributed by atoms with Crippen LogP contribution in [0.15, 0.2) is 23.0 Å². The zero-order valence-electron chi connectivity index (χ0n) is 26.6. The summed E-state index contributed by atoms with van der Waals surface area (Å²) in [4.78, 5) is 0. The van der Waals surface area contributed by atoms with E-state index in [1.54, 1.807) is 0 Å². The van der Waals surface area contributed by atoms with Gasteiger partial charge in [0.25, 0.3) is 0 Å². The molecule has 0 spiro atoms. The van der Waals surface area contributed by atoms with Crippen molar-refractivity contribution in [1.82, 2.24) is 0 Å². The molecule has 2 heteroatoms. The van der Waals surface area contributed by atoms with Crippen molar-refractivity contribution in [2.45, 2.75) is 207 Å². The molecule has 1 heterocycles. The molecule has 224 valence electrons. The van der Waals surface area contributed by atoms with E-state index < -0.39 is 0 Å². The topological polar surface area (TPSA) is 18.5 Å². The van der Waals surface area contributed by atoms with E-state index in [-0.39, 0.29) is 0 Å². The van der Waals surface area contributed by atoms with Gasteiger partial charge in [-0.05, 0) is 25.7 Å². The monoisotopic (exact) mass is 533 g/mol. The van der Waals surface area contributed by atoms with Gasteiger partial charge >= 0.3 is 0 Å². The summed E-state index contributed by atoms with van der Waals surface area (Å²) >= 11 is 0. The molecule has 0 aromatic rings. The van der Waals surface area contributed by atoms with Crippen LogP contribution in [0.3, 0.4) is 0 Å². The van der Waals surface area contributed by atoms with Gasteiger partial charge in [0.05, 0.1) is 0 Å². The van der Waals surface area contributed by atoms with Crippen LogP contribution in [0.25, 0.3) is 0 Å². The Hall–Kier alpha value is -0.920. The Kier molecular flexibility index (Phi) is 24.3. The zero-order chi connectivity index (χ0) is 27.5. The fourth-order valence-electron chi connectivity index (χ4n) is 5.55. The van der Waals surface area contributed by atoms with E-state index >= 15 is 0 Å². The van der Waals surface area contributed by atoms with Crippen LogP contribution < -0.4 is 0 Å². The molecular weight excluding hydrogens is 464 g/mol. The molecule has 38 heavy (non-hydrogen) atoms. The van der Waals surface area contributed by atoms with E-state index in [1.165, 1.54) is 177 Å². The van der Waals surface area contributed by atoms with Crippen molar-refractivity contribution in [3.8, 4) is 0 Å². The Morgan fingerprint density at radius 3 is 0.658 bits per heavy atom. The Bertz CT molecular complexity index is 488. The highest BCUT2D eigenvalue weighted by atomic mass is 16.6. The highest BCUT2D eigenvalue weighted by molar-refractivity contribution is 5.17. The molecule has 1 aliphatic rings. The molecule has 0 atom stereocenters. The van der Waals surface area contributed by atoms with Crippen molar-refractivity contribution in [3.63, 3.8) is 0 Å². The average Bonchev–Trinajstić information content (AvgIpc) is 2.93. The fraction of sp³-hybridized carbons (Fsp3) is 0.889. The average molecular weight is 533 g/mol. The van der Waals surface area contributed by atoms with Crippen LogP contribution in [0.4, 0.5) is 0 Å². The molecule has 0 N–H and O–H groups in total. The van der Waals surface area contributed by atoms with Crippen molar-refractivity contribution in [2.75, 3.05) is 0 Å². The molecule has 0 saturated heterocycles. The molecule has 0 fully saturated rings. The first-order chi connectivity index (χ1) is 18.8. The maximum atomic E-state index is 6.79. The molecule has 0 aliphatic carbocycles. The van der Waals surface area contributed by atoms with Crippen LogP contribution in [0.2, 0.25) is 0 Å². The van der Waals surface area contributed by atoms with E-state index in [1.807, 2.05) is 0 Å². The van der Waals surface area contributed by atoms with Crippen LogP contribution >= 0.6 is 0 Å². The standard InChI is InChI=1S/C36H68O2/c1-5-9-13-17-21-25-29-33-34(30-26-22-18-14-10-6-2)38-36(32-28-24-20-16-12-8-4)35(37-33)31-27-23-19-15-11-7-3/h5-32H2,1-4H3. The van der Waals surface area contributed by atoms with Gasteiger partial charge in [-0.15, -0.1) is 0 Å². The number of rotatable bonds is 28. The zero-order valence-corrected chi connectivity index (χ0v) is 26.6. The Morgan fingerprint density at radius 1 is 0.263 bits per heavy atom. The maximum Gasteiger partial charge on any atom is 0.142 e. The molecule has 0 aromatic heterocycles. The van der Waals surface area contributed by atoms with Gasteiger partial charge < -0.3 is 9.47 Å². The minimum absolute atomic E-state index is 1.06. The number of unbranched alkanes of at least 4 members (excludes halogenated alkanes) is 20. The molecule has 0 unspecified atom stereocenters. The summed E-state index contributed by atoms with van der Waals surface area (Å²) in [5.41, 5.74) is 0. The molecular formula is C36H68O2. The first-order valence-corrected chi connectivity index (χ1v) is 17.6. The Labute approximate surface area is 239 Å². The SMILES string of the molecule is CCCCCCCCC1=C(CCCCCCCC)OC(CCCCCCCC)=C(CCCCCCCC)O1. The van der Waals surface area contributed by atoms with E-state index in [0.717, 1.165) is 25.7 Å². The second kappa shape index (κ2) is 26.3. The van der Waals surface area contributed by atoms with Gasteiger partial charge in [-0.2, -0.15) is 0 Å². The Morgan fingerprint density at radius 2 is 0.447 bits per heavy atom. The van der Waals surface area contributed by atoms with Crippen molar-refractivity contribution in [1.29, 1.82) is 0 Å². The van der Waals surface area contributed by atoms with Gasteiger partial charge in [-0.1, -0.05) is 156 Å². The first-order valence-electron chi connectivity index (χ1n) is 17.6. The van der Waals surface area contributed by atoms with Gasteiger partial charge in [-0.3, -0.25) is 0 Å². The van der Waals surface area contributed by atoms with E-state index in [2.05, 4.69) is 27.7 Å². The predicted octanol–water partition coefficient (Wildman–Crippen LogP) is 13.5. The second-order valence-corrected chi connectivity index (χ2v) is 12.0. The van der Waals surface area contributed by atoms with Crippen LogP contribution in [-0.4, -0.2) is 0 Å². The molecule has 0 saturated carbocycles. The second-order valence-electron chi connectivity index (χ2n) is 12.0. The third kappa shape index (κ3) is 18.4. The van der Waals surface area contributed by atoms with E-state index in [9.17, 15) is 0 Å². The van der Waals surface area contributed by atoms with Gasteiger partial charge in [0.15, 0.2) is 0 Å². The molecule has 1 rings (SSSR count). The lowest BCUT2D eigenvalue weighted by Crippen LogP contribution is -2.12. The highest BCUT2D eigenvalue weighted by Crippen LogP contribution is 2.36. The molecule has 0 radical (unpaired) electrons. The van der Waals surface area contributed by atoms with Crippen LogP contribution in [0.1, 0.15) is 207 Å².